The topological polar surface area (TPSA) is 126 Å². The predicted octanol–water partition coefficient (Wildman–Crippen LogP) is 3.92. The fourth-order valence-electron chi connectivity index (χ4n) is 3.20. The average molecular weight is 448 g/mol. The van der Waals surface area contributed by atoms with Crippen LogP contribution in [0.1, 0.15) is 49.5 Å². The van der Waals surface area contributed by atoms with E-state index in [1.54, 1.807) is 30.7 Å². The molecule has 0 saturated heterocycles. The van der Waals surface area contributed by atoms with Gasteiger partial charge in [0.1, 0.15) is 6.54 Å². The molecule has 9 nitrogen and oxygen atoms in total. The Kier molecular flexibility index (Phi) is 7.66. The molecule has 3 N–H and O–H groups in total. The fourth-order valence-corrected chi connectivity index (χ4v) is 3.20. The number of benzene rings is 1. The molecule has 3 aromatic rings. The molecule has 0 bridgehead atoms. The van der Waals surface area contributed by atoms with E-state index in [2.05, 4.69) is 25.7 Å². The molecule has 0 fully saturated rings. The molecule has 3 rings (SSSR count). The standard InChI is InChI=1S/C24H29N7O2/c1-5-6-20(25)21(32)14-31-13-19(12-27-31)29-24-26-11-16(4)22(30-24)17-7-9-18(10-8-17)23(33)28-15(2)3/h7-13,15,25H,5-6,14H2,1-4H3,(H,28,33)(H,26,29,30). The van der Waals surface area contributed by atoms with E-state index in [0.717, 1.165) is 23.2 Å². The van der Waals surface area contributed by atoms with Crippen LogP contribution in [0.4, 0.5) is 11.6 Å². The van der Waals surface area contributed by atoms with Crippen molar-refractivity contribution in [1.29, 1.82) is 5.41 Å². The average Bonchev–Trinajstić information content (AvgIpc) is 3.21. The number of hydrogen-bond acceptors (Lipinski definition) is 7. The zero-order valence-corrected chi connectivity index (χ0v) is 19.3. The number of Topliss-reactive ketones (excluding diaryl/α,β-unsaturated/α-hetero) is 1. The first-order chi connectivity index (χ1) is 15.8. The van der Waals surface area contributed by atoms with E-state index in [0.29, 0.717) is 23.6 Å². The number of rotatable bonds is 10. The van der Waals surface area contributed by atoms with Crippen molar-refractivity contribution in [3.8, 4) is 11.3 Å². The number of carbonyl (C=O) groups excluding carboxylic acids is 2. The van der Waals surface area contributed by atoms with Crippen molar-refractivity contribution in [3.63, 3.8) is 0 Å². The van der Waals surface area contributed by atoms with Crippen molar-refractivity contribution < 1.29 is 9.59 Å². The molecule has 0 aliphatic heterocycles. The quantitative estimate of drug-likeness (QED) is 0.405. The lowest BCUT2D eigenvalue weighted by atomic mass is 10.1. The first kappa shape index (κ1) is 23.8. The number of aromatic nitrogens is 4. The van der Waals surface area contributed by atoms with Gasteiger partial charge in [-0.2, -0.15) is 5.10 Å². The number of ketones is 1. The number of anilines is 2. The zero-order chi connectivity index (χ0) is 24.0. The number of amides is 1. The van der Waals surface area contributed by atoms with Gasteiger partial charge in [-0.05, 0) is 44.9 Å². The van der Waals surface area contributed by atoms with E-state index in [1.807, 2.05) is 39.8 Å². The Bertz CT molecular complexity index is 1150. The number of nitrogens with zero attached hydrogens (tertiary/aromatic N) is 4. The molecule has 172 valence electrons. The minimum Gasteiger partial charge on any atom is -0.350 e. The predicted molar refractivity (Wildman–Crippen MR) is 128 cm³/mol. The maximum Gasteiger partial charge on any atom is 0.251 e. The molecule has 0 radical (unpaired) electrons. The van der Waals surface area contributed by atoms with Crippen LogP contribution in [-0.2, 0) is 11.3 Å². The summed E-state index contributed by atoms with van der Waals surface area (Å²) >= 11 is 0. The molecule has 0 aliphatic rings. The highest BCUT2D eigenvalue weighted by atomic mass is 16.1. The maximum atomic E-state index is 12.2. The molecule has 2 aromatic heterocycles. The summed E-state index contributed by atoms with van der Waals surface area (Å²) in [5.41, 5.74) is 3.86. The van der Waals surface area contributed by atoms with E-state index in [1.165, 1.54) is 4.68 Å². The van der Waals surface area contributed by atoms with Crippen LogP contribution in [0.25, 0.3) is 11.3 Å². The molecule has 0 unspecified atom stereocenters. The summed E-state index contributed by atoms with van der Waals surface area (Å²) in [4.78, 5) is 33.2. The molecule has 0 atom stereocenters. The Labute approximate surface area is 193 Å². The third kappa shape index (κ3) is 6.31. The van der Waals surface area contributed by atoms with Crippen LogP contribution in [0.15, 0.2) is 42.9 Å². The zero-order valence-electron chi connectivity index (χ0n) is 19.3. The Hall–Kier alpha value is -3.88. The second-order valence-corrected chi connectivity index (χ2v) is 8.13. The number of aryl methyl sites for hydroxylation is 1. The lowest BCUT2D eigenvalue weighted by Crippen LogP contribution is -2.29. The van der Waals surface area contributed by atoms with Gasteiger partial charge >= 0.3 is 0 Å². The molecule has 33 heavy (non-hydrogen) atoms. The van der Waals surface area contributed by atoms with Crippen LogP contribution in [0.2, 0.25) is 0 Å². The molecular weight excluding hydrogens is 418 g/mol. The number of carbonyl (C=O) groups is 2. The van der Waals surface area contributed by atoms with E-state index in [9.17, 15) is 9.59 Å². The van der Waals surface area contributed by atoms with Crippen molar-refractivity contribution >= 4 is 29.0 Å². The molecule has 2 heterocycles. The largest absolute Gasteiger partial charge is 0.350 e. The van der Waals surface area contributed by atoms with Crippen molar-refractivity contribution in [1.82, 2.24) is 25.1 Å². The molecule has 0 aliphatic carbocycles. The van der Waals surface area contributed by atoms with E-state index >= 15 is 0 Å². The first-order valence-corrected chi connectivity index (χ1v) is 10.9. The summed E-state index contributed by atoms with van der Waals surface area (Å²) in [7, 11) is 0. The second kappa shape index (κ2) is 10.6. The van der Waals surface area contributed by atoms with Crippen molar-refractivity contribution in [2.45, 2.75) is 53.1 Å². The second-order valence-electron chi connectivity index (χ2n) is 8.13. The number of nitrogens with one attached hydrogen (secondary N) is 3. The highest BCUT2D eigenvalue weighted by Crippen LogP contribution is 2.23. The summed E-state index contributed by atoms with van der Waals surface area (Å²) in [6.07, 6.45) is 6.22. The maximum absolute atomic E-state index is 12.2. The number of hydrogen-bond donors (Lipinski definition) is 3. The summed E-state index contributed by atoms with van der Waals surface area (Å²) in [5, 5.41) is 17.9. The van der Waals surface area contributed by atoms with Gasteiger partial charge in [-0.1, -0.05) is 25.5 Å². The van der Waals surface area contributed by atoms with Gasteiger partial charge < -0.3 is 16.0 Å². The van der Waals surface area contributed by atoms with E-state index in [4.69, 9.17) is 5.41 Å². The van der Waals surface area contributed by atoms with Gasteiger partial charge in [0.25, 0.3) is 5.91 Å². The smallest absolute Gasteiger partial charge is 0.251 e. The van der Waals surface area contributed by atoms with Crippen LogP contribution in [-0.4, -0.2) is 43.2 Å². The van der Waals surface area contributed by atoms with E-state index in [-0.39, 0.29) is 30.0 Å². The molecule has 9 heteroatoms. The fraction of sp³-hybridized carbons (Fsp3) is 0.333. The molecule has 1 aromatic carbocycles. The van der Waals surface area contributed by atoms with Crippen LogP contribution in [0.3, 0.4) is 0 Å². The lowest BCUT2D eigenvalue weighted by molar-refractivity contribution is -0.113. The highest BCUT2D eigenvalue weighted by Gasteiger charge is 2.13. The Balaban J connectivity index is 1.72. The minimum absolute atomic E-state index is 0.0251. The third-order valence-corrected chi connectivity index (χ3v) is 4.84. The van der Waals surface area contributed by atoms with Crippen LogP contribution in [0, 0.1) is 12.3 Å². The van der Waals surface area contributed by atoms with Crippen LogP contribution in [0.5, 0.6) is 0 Å². The highest BCUT2D eigenvalue weighted by molar-refractivity contribution is 6.38. The monoisotopic (exact) mass is 447 g/mol. The normalized spacial score (nSPS) is 10.8. The Morgan fingerprint density at radius 2 is 1.88 bits per heavy atom. The van der Waals surface area contributed by atoms with Gasteiger partial charge in [0.15, 0.2) is 5.78 Å². The summed E-state index contributed by atoms with van der Waals surface area (Å²) < 4.78 is 1.49. The SMILES string of the molecule is CCCC(=N)C(=O)Cn1cc(Nc2ncc(C)c(-c3ccc(C(=O)NC(C)C)cc3)n2)cn1. The van der Waals surface area contributed by atoms with Crippen LogP contribution < -0.4 is 10.6 Å². The van der Waals surface area contributed by atoms with E-state index < -0.39 is 0 Å². The van der Waals surface area contributed by atoms with Crippen molar-refractivity contribution in [2.24, 2.45) is 0 Å². The molecule has 0 saturated carbocycles. The molecule has 1 amide bonds. The first-order valence-electron chi connectivity index (χ1n) is 10.9. The summed E-state index contributed by atoms with van der Waals surface area (Å²) in [6, 6.07) is 7.35. The Morgan fingerprint density at radius 3 is 2.55 bits per heavy atom. The summed E-state index contributed by atoms with van der Waals surface area (Å²) in [5.74, 6) is 0.0337. The summed E-state index contributed by atoms with van der Waals surface area (Å²) in [6.45, 7) is 7.73. The van der Waals surface area contributed by atoms with Crippen molar-refractivity contribution in [3.05, 3.63) is 54.0 Å². The van der Waals surface area contributed by atoms with Gasteiger partial charge in [0.05, 0.1) is 23.3 Å². The van der Waals surface area contributed by atoms with Gasteiger partial charge in [0.2, 0.25) is 5.95 Å². The van der Waals surface area contributed by atoms with Crippen molar-refractivity contribution in [2.75, 3.05) is 5.32 Å². The minimum atomic E-state index is -0.245. The lowest BCUT2D eigenvalue weighted by Gasteiger charge is -2.10. The van der Waals surface area contributed by atoms with Gasteiger partial charge in [-0.25, -0.2) is 9.97 Å². The van der Waals surface area contributed by atoms with Gasteiger partial charge in [0, 0.05) is 29.6 Å². The Morgan fingerprint density at radius 1 is 1.15 bits per heavy atom. The van der Waals surface area contributed by atoms with Gasteiger partial charge in [-0.15, -0.1) is 0 Å². The molecule has 0 spiro atoms. The third-order valence-electron chi connectivity index (χ3n) is 4.84. The van der Waals surface area contributed by atoms with Gasteiger partial charge in [-0.3, -0.25) is 14.3 Å². The molecular formula is C24H29N7O2. The van der Waals surface area contributed by atoms with Crippen LogP contribution >= 0.6 is 0 Å².